The maximum Gasteiger partial charge on any atom is 0.306 e. The van der Waals surface area contributed by atoms with Crippen molar-refractivity contribution >= 4 is 17.9 Å². The summed E-state index contributed by atoms with van der Waals surface area (Å²) in [5, 5.41) is 0. The van der Waals surface area contributed by atoms with E-state index in [0.29, 0.717) is 19.3 Å². The van der Waals surface area contributed by atoms with Crippen molar-refractivity contribution in [3.05, 3.63) is 24.3 Å². The van der Waals surface area contributed by atoms with Crippen molar-refractivity contribution in [2.24, 2.45) is 0 Å². The van der Waals surface area contributed by atoms with Crippen LogP contribution in [0.2, 0.25) is 0 Å². The highest BCUT2D eigenvalue weighted by atomic mass is 16.6. The number of rotatable bonds is 62. The highest BCUT2D eigenvalue weighted by Gasteiger charge is 2.19. The van der Waals surface area contributed by atoms with E-state index in [4.69, 9.17) is 14.2 Å². The summed E-state index contributed by atoms with van der Waals surface area (Å²) < 4.78 is 16.9. The summed E-state index contributed by atoms with van der Waals surface area (Å²) in [6.45, 7) is 6.68. The maximum absolute atomic E-state index is 12.9. The zero-order valence-electron chi connectivity index (χ0n) is 50.1. The summed E-state index contributed by atoms with van der Waals surface area (Å²) in [6.07, 6.45) is 76.4. The monoisotopic (exact) mass is 1040 g/mol. The van der Waals surface area contributed by atoms with Crippen LogP contribution in [0.5, 0.6) is 0 Å². The molecule has 0 N–H and O–H groups in total. The van der Waals surface area contributed by atoms with Gasteiger partial charge in [0.15, 0.2) is 6.10 Å². The van der Waals surface area contributed by atoms with Crippen molar-refractivity contribution in [3.63, 3.8) is 0 Å². The lowest BCUT2D eigenvalue weighted by Gasteiger charge is -2.18. The molecular weight excluding hydrogens is 913 g/mol. The first-order valence-electron chi connectivity index (χ1n) is 33.3. The molecule has 0 aromatic rings. The Kier molecular flexibility index (Phi) is 61.6. The minimum atomic E-state index is -0.764. The predicted molar refractivity (Wildman–Crippen MR) is 321 cm³/mol. The van der Waals surface area contributed by atoms with Crippen LogP contribution < -0.4 is 0 Å². The van der Waals surface area contributed by atoms with Crippen LogP contribution in [0.15, 0.2) is 24.3 Å². The van der Waals surface area contributed by atoms with Crippen molar-refractivity contribution < 1.29 is 28.6 Å². The van der Waals surface area contributed by atoms with Gasteiger partial charge in [0.05, 0.1) is 0 Å². The second-order valence-electron chi connectivity index (χ2n) is 22.7. The van der Waals surface area contributed by atoms with Crippen LogP contribution in [0.25, 0.3) is 0 Å². The first kappa shape index (κ1) is 71.9. The highest BCUT2D eigenvalue weighted by Crippen LogP contribution is 2.18. The topological polar surface area (TPSA) is 78.9 Å². The molecule has 1 unspecified atom stereocenters. The van der Waals surface area contributed by atoms with Crippen molar-refractivity contribution in [1.82, 2.24) is 0 Å². The molecule has 0 saturated heterocycles. The van der Waals surface area contributed by atoms with Gasteiger partial charge in [-0.15, -0.1) is 0 Å². The number of unbranched alkanes of at least 4 members (excludes halogenated alkanes) is 47. The minimum Gasteiger partial charge on any atom is -0.462 e. The van der Waals surface area contributed by atoms with Crippen molar-refractivity contribution in [2.45, 2.75) is 380 Å². The van der Waals surface area contributed by atoms with Crippen LogP contribution in [0.4, 0.5) is 0 Å². The summed E-state index contributed by atoms with van der Waals surface area (Å²) in [4.78, 5) is 38.2. The van der Waals surface area contributed by atoms with E-state index in [-0.39, 0.29) is 31.1 Å². The fourth-order valence-electron chi connectivity index (χ4n) is 10.2. The third kappa shape index (κ3) is 60.8. The lowest BCUT2D eigenvalue weighted by molar-refractivity contribution is -0.167. The SMILES string of the molecule is CCCCCCC/C=C\C/C=C\CCCCCCCCCCCCCCCCCCCC(=O)OCC(COC(=O)CCCCCCCCCCC)OC(=O)CCCCCCCCCCCCCCCCCCCC. The summed E-state index contributed by atoms with van der Waals surface area (Å²) in [5.74, 6) is -0.839. The summed E-state index contributed by atoms with van der Waals surface area (Å²) in [5.41, 5.74) is 0. The first-order chi connectivity index (χ1) is 36.5. The molecule has 0 amide bonds. The maximum atomic E-state index is 12.9. The number of allylic oxidation sites excluding steroid dienone is 4. The molecule has 74 heavy (non-hydrogen) atoms. The van der Waals surface area contributed by atoms with Gasteiger partial charge < -0.3 is 14.2 Å². The second-order valence-corrected chi connectivity index (χ2v) is 22.7. The molecule has 0 bridgehead atoms. The fraction of sp³-hybridized carbons (Fsp3) is 0.897. The Labute approximate surface area is 462 Å². The second kappa shape index (κ2) is 63.4. The van der Waals surface area contributed by atoms with Gasteiger partial charge in [0.1, 0.15) is 13.2 Å². The van der Waals surface area contributed by atoms with Gasteiger partial charge in [-0.2, -0.15) is 0 Å². The molecule has 0 aromatic heterocycles. The zero-order valence-corrected chi connectivity index (χ0v) is 50.1. The largest absolute Gasteiger partial charge is 0.462 e. The average Bonchev–Trinajstić information content (AvgIpc) is 3.40. The van der Waals surface area contributed by atoms with Gasteiger partial charge >= 0.3 is 17.9 Å². The molecule has 0 aromatic carbocycles. The van der Waals surface area contributed by atoms with E-state index < -0.39 is 6.10 Å². The summed E-state index contributed by atoms with van der Waals surface area (Å²) >= 11 is 0. The van der Waals surface area contributed by atoms with E-state index in [0.717, 1.165) is 64.2 Å². The van der Waals surface area contributed by atoms with E-state index in [2.05, 4.69) is 45.1 Å². The van der Waals surface area contributed by atoms with E-state index in [1.165, 1.54) is 270 Å². The molecule has 0 aliphatic carbocycles. The van der Waals surface area contributed by atoms with Gasteiger partial charge in [-0.3, -0.25) is 14.4 Å². The summed E-state index contributed by atoms with van der Waals surface area (Å²) in [7, 11) is 0. The molecule has 6 heteroatoms. The third-order valence-electron chi connectivity index (χ3n) is 15.2. The minimum absolute atomic E-state index is 0.0642. The fourth-order valence-corrected chi connectivity index (χ4v) is 10.2. The standard InChI is InChI=1S/C68H128O6/c1-4-7-10-13-16-19-21-23-25-27-29-30-31-32-33-34-35-36-37-38-39-41-42-44-46-49-52-55-58-61-67(70)73-64-65(63-72-66(69)60-57-54-51-48-18-15-12-9-6-3)74-68(71)62-59-56-53-50-47-45-43-40-28-26-24-22-20-17-14-11-8-5-2/h21,23,27,29,65H,4-20,22,24-26,28,30-64H2,1-3H3/b23-21-,29-27-. The van der Waals surface area contributed by atoms with E-state index in [1.54, 1.807) is 0 Å². The molecule has 1 atom stereocenters. The van der Waals surface area contributed by atoms with Crippen LogP contribution in [-0.2, 0) is 28.6 Å². The number of carbonyl (C=O) groups excluding carboxylic acids is 3. The van der Waals surface area contributed by atoms with E-state index in [1.807, 2.05) is 0 Å². The number of esters is 3. The Bertz CT molecular complexity index is 1190. The Morgan fingerprint density at radius 2 is 0.486 bits per heavy atom. The van der Waals surface area contributed by atoms with Crippen LogP contribution >= 0.6 is 0 Å². The van der Waals surface area contributed by atoms with Gasteiger partial charge in [0.25, 0.3) is 0 Å². The number of hydrogen-bond donors (Lipinski definition) is 0. The molecule has 0 radical (unpaired) electrons. The quantitative estimate of drug-likeness (QED) is 0.0261. The van der Waals surface area contributed by atoms with Crippen molar-refractivity contribution in [3.8, 4) is 0 Å². The van der Waals surface area contributed by atoms with Crippen LogP contribution in [0.3, 0.4) is 0 Å². The smallest absolute Gasteiger partial charge is 0.306 e. The first-order valence-corrected chi connectivity index (χ1v) is 33.3. The molecule has 0 spiro atoms. The molecule has 0 heterocycles. The van der Waals surface area contributed by atoms with Gasteiger partial charge in [0, 0.05) is 19.3 Å². The van der Waals surface area contributed by atoms with E-state index >= 15 is 0 Å². The number of ether oxygens (including phenoxy) is 3. The lowest BCUT2D eigenvalue weighted by Crippen LogP contribution is -2.30. The molecular formula is C68H128O6. The Morgan fingerprint density at radius 1 is 0.270 bits per heavy atom. The number of hydrogen-bond acceptors (Lipinski definition) is 6. The molecule has 0 saturated carbocycles. The molecule has 0 rings (SSSR count). The average molecular weight is 1040 g/mol. The molecule has 0 aliphatic heterocycles. The van der Waals surface area contributed by atoms with Gasteiger partial charge in [0.2, 0.25) is 0 Å². The van der Waals surface area contributed by atoms with Crippen molar-refractivity contribution in [2.75, 3.05) is 13.2 Å². The van der Waals surface area contributed by atoms with Crippen LogP contribution in [0.1, 0.15) is 374 Å². The Morgan fingerprint density at radius 3 is 0.743 bits per heavy atom. The number of carbonyl (C=O) groups is 3. The van der Waals surface area contributed by atoms with E-state index in [9.17, 15) is 14.4 Å². The molecule has 0 fully saturated rings. The molecule has 6 nitrogen and oxygen atoms in total. The van der Waals surface area contributed by atoms with Crippen LogP contribution in [-0.4, -0.2) is 37.2 Å². The molecule has 436 valence electrons. The lowest BCUT2D eigenvalue weighted by atomic mass is 10.0. The normalized spacial score (nSPS) is 12.1. The predicted octanol–water partition coefficient (Wildman–Crippen LogP) is 22.6. The van der Waals surface area contributed by atoms with Crippen molar-refractivity contribution in [1.29, 1.82) is 0 Å². The van der Waals surface area contributed by atoms with Crippen LogP contribution in [0, 0.1) is 0 Å². The molecule has 0 aliphatic rings. The Hall–Kier alpha value is -2.11. The summed E-state index contributed by atoms with van der Waals surface area (Å²) in [6, 6.07) is 0. The Balaban J connectivity index is 4.08. The van der Waals surface area contributed by atoms with Gasteiger partial charge in [-0.25, -0.2) is 0 Å². The van der Waals surface area contributed by atoms with Gasteiger partial charge in [-0.05, 0) is 51.4 Å². The zero-order chi connectivity index (χ0) is 53.6. The van der Waals surface area contributed by atoms with Gasteiger partial charge in [-0.1, -0.05) is 328 Å². The highest BCUT2D eigenvalue weighted by molar-refractivity contribution is 5.71. The third-order valence-corrected chi connectivity index (χ3v) is 15.2.